The largest absolute Gasteiger partial charge is 0.394 e. The summed E-state index contributed by atoms with van der Waals surface area (Å²) in [6.07, 6.45) is -5.69. The molecule has 6 atom stereocenters. The third-order valence-corrected chi connectivity index (χ3v) is 7.50. The summed E-state index contributed by atoms with van der Waals surface area (Å²) in [4.78, 5) is 0. The SMILES string of the molecule is CCc1ccc(C(N[C@H]2C(O)O[C@H](CO)[C@@H](O)[C@@H]2O)P(=O)(OC(C)C)OC(C)C)cc1. The number of ether oxygens (including phenoxy) is 1. The molecule has 2 unspecified atom stereocenters. The van der Waals surface area contributed by atoms with Crippen LogP contribution in [0, 0.1) is 0 Å². The molecule has 0 aliphatic carbocycles. The first-order valence-electron chi connectivity index (χ1n) is 10.6. The Hall–Kier alpha value is -0.870. The van der Waals surface area contributed by atoms with Crippen LogP contribution in [0.1, 0.15) is 51.5 Å². The molecule has 31 heavy (non-hydrogen) atoms. The second-order valence-electron chi connectivity index (χ2n) is 8.27. The lowest BCUT2D eigenvalue weighted by atomic mass is 9.97. The van der Waals surface area contributed by atoms with Crippen molar-refractivity contribution in [1.82, 2.24) is 5.32 Å². The van der Waals surface area contributed by atoms with Crippen LogP contribution in [-0.4, -0.2) is 69.9 Å². The van der Waals surface area contributed by atoms with Crippen molar-refractivity contribution in [3.8, 4) is 0 Å². The normalized spacial score (nSPS) is 28.3. The molecule has 5 N–H and O–H groups in total. The molecule has 0 radical (unpaired) electrons. The van der Waals surface area contributed by atoms with Gasteiger partial charge in [0.2, 0.25) is 0 Å². The molecule has 1 aliphatic heterocycles. The second kappa shape index (κ2) is 11.3. The fraction of sp³-hybridized carbons (Fsp3) is 0.714. The Balaban J connectivity index is 2.46. The quantitative estimate of drug-likeness (QED) is 0.330. The van der Waals surface area contributed by atoms with E-state index in [1.165, 1.54) is 0 Å². The van der Waals surface area contributed by atoms with E-state index >= 15 is 0 Å². The Morgan fingerprint density at radius 1 is 1.03 bits per heavy atom. The molecular weight excluding hydrogens is 425 g/mol. The van der Waals surface area contributed by atoms with Crippen LogP contribution in [0.2, 0.25) is 0 Å². The summed E-state index contributed by atoms with van der Waals surface area (Å²) >= 11 is 0. The lowest BCUT2D eigenvalue weighted by molar-refractivity contribution is -0.255. The highest BCUT2D eigenvalue weighted by Crippen LogP contribution is 2.61. The van der Waals surface area contributed by atoms with E-state index in [1.54, 1.807) is 39.8 Å². The Bertz CT molecular complexity index is 715. The molecule has 1 heterocycles. The Morgan fingerprint density at radius 3 is 2.03 bits per heavy atom. The molecule has 2 rings (SSSR count). The third-order valence-electron chi connectivity index (χ3n) is 4.99. The number of nitrogens with one attached hydrogen (secondary N) is 1. The van der Waals surface area contributed by atoms with Gasteiger partial charge in [0.05, 0.1) is 24.9 Å². The lowest BCUT2D eigenvalue weighted by Crippen LogP contribution is -2.63. The van der Waals surface area contributed by atoms with Crippen molar-refractivity contribution in [3.05, 3.63) is 35.4 Å². The molecule has 1 aliphatic rings. The highest BCUT2D eigenvalue weighted by Gasteiger charge is 2.48. The van der Waals surface area contributed by atoms with Gasteiger partial charge in [-0.3, -0.25) is 9.88 Å². The summed E-state index contributed by atoms with van der Waals surface area (Å²) in [7, 11) is -3.87. The molecule has 0 spiro atoms. The number of aliphatic hydroxyl groups excluding tert-OH is 4. The van der Waals surface area contributed by atoms with E-state index < -0.39 is 62.8 Å². The second-order valence-corrected chi connectivity index (χ2v) is 10.3. The maximum atomic E-state index is 14.0. The van der Waals surface area contributed by atoms with Gasteiger partial charge >= 0.3 is 7.60 Å². The molecule has 1 aromatic rings. The van der Waals surface area contributed by atoms with Crippen molar-refractivity contribution in [2.45, 2.75) is 89.7 Å². The molecular formula is C21H36NO8P. The fourth-order valence-electron chi connectivity index (χ4n) is 3.50. The number of aryl methyl sites for hydroxylation is 1. The number of hydrogen-bond acceptors (Lipinski definition) is 9. The zero-order valence-corrected chi connectivity index (χ0v) is 19.6. The summed E-state index contributed by atoms with van der Waals surface area (Å²) < 4.78 is 30.7. The van der Waals surface area contributed by atoms with E-state index in [-0.39, 0.29) is 0 Å². The van der Waals surface area contributed by atoms with Gasteiger partial charge in [0, 0.05) is 0 Å². The van der Waals surface area contributed by atoms with Gasteiger partial charge in [-0.05, 0) is 45.2 Å². The predicted molar refractivity (Wildman–Crippen MR) is 116 cm³/mol. The van der Waals surface area contributed by atoms with Crippen molar-refractivity contribution in [2.75, 3.05) is 6.61 Å². The van der Waals surface area contributed by atoms with Crippen molar-refractivity contribution >= 4 is 7.60 Å². The number of benzene rings is 1. The minimum atomic E-state index is -3.87. The summed E-state index contributed by atoms with van der Waals surface area (Å²) in [5.74, 6) is -1.06. The van der Waals surface area contributed by atoms with Crippen LogP contribution < -0.4 is 5.32 Å². The van der Waals surface area contributed by atoms with E-state index in [0.29, 0.717) is 5.56 Å². The van der Waals surface area contributed by atoms with Crippen molar-refractivity contribution in [3.63, 3.8) is 0 Å². The van der Waals surface area contributed by atoms with E-state index in [1.807, 2.05) is 19.1 Å². The monoisotopic (exact) mass is 461 g/mol. The minimum Gasteiger partial charge on any atom is -0.394 e. The van der Waals surface area contributed by atoms with Crippen molar-refractivity contribution < 1.29 is 38.8 Å². The zero-order valence-electron chi connectivity index (χ0n) is 18.7. The van der Waals surface area contributed by atoms with E-state index in [4.69, 9.17) is 13.8 Å². The highest BCUT2D eigenvalue weighted by atomic mass is 31.2. The van der Waals surface area contributed by atoms with Crippen molar-refractivity contribution in [2.24, 2.45) is 0 Å². The molecule has 10 heteroatoms. The first-order chi connectivity index (χ1) is 14.5. The molecule has 0 aromatic heterocycles. The van der Waals surface area contributed by atoms with Gasteiger partial charge in [-0.15, -0.1) is 0 Å². The molecule has 0 saturated carbocycles. The van der Waals surface area contributed by atoms with Gasteiger partial charge < -0.3 is 34.2 Å². The molecule has 9 nitrogen and oxygen atoms in total. The maximum absolute atomic E-state index is 14.0. The van der Waals surface area contributed by atoms with Crippen molar-refractivity contribution in [1.29, 1.82) is 0 Å². The summed E-state index contributed by atoms with van der Waals surface area (Å²) in [5.41, 5.74) is 1.65. The molecule has 1 aromatic carbocycles. The standard InChI is InChI=1S/C21H36NO8P/c1-6-14-7-9-15(10-8-14)20(31(27,29-12(2)3)30-13(4)5)22-17-19(25)18(24)16(11-23)28-21(17)26/h7-10,12-13,16-26H,6,11H2,1-5H3/t16-,17-,18-,19-,20?,21?/m1/s1. The summed E-state index contributed by atoms with van der Waals surface area (Å²) in [6, 6.07) is 6.13. The predicted octanol–water partition coefficient (Wildman–Crippen LogP) is 1.68. The van der Waals surface area contributed by atoms with E-state index in [9.17, 15) is 25.0 Å². The fourth-order valence-corrected chi connectivity index (χ4v) is 5.86. The van der Waals surface area contributed by atoms with Crippen LogP contribution in [-0.2, 0) is 24.8 Å². The third kappa shape index (κ3) is 6.57. The Kier molecular flexibility index (Phi) is 9.63. The highest BCUT2D eigenvalue weighted by molar-refractivity contribution is 7.54. The van der Waals surface area contributed by atoms with Crippen LogP contribution in [0.5, 0.6) is 0 Å². The molecule has 0 bridgehead atoms. The molecule has 178 valence electrons. The zero-order chi connectivity index (χ0) is 23.3. The van der Waals surface area contributed by atoms with Crippen LogP contribution in [0.15, 0.2) is 24.3 Å². The average molecular weight is 461 g/mol. The van der Waals surface area contributed by atoms with Gasteiger partial charge in [0.25, 0.3) is 0 Å². The maximum Gasteiger partial charge on any atom is 0.352 e. The minimum absolute atomic E-state index is 0.425. The van der Waals surface area contributed by atoms with Gasteiger partial charge in [0.15, 0.2) is 6.29 Å². The van der Waals surface area contributed by atoms with Crippen LogP contribution in [0.4, 0.5) is 0 Å². The van der Waals surface area contributed by atoms with Gasteiger partial charge in [-0.2, -0.15) is 0 Å². The van der Waals surface area contributed by atoms with Crippen LogP contribution in [0.25, 0.3) is 0 Å². The smallest absolute Gasteiger partial charge is 0.352 e. The molecule has 0 amide bonds. The first-order valence-corrected chi connectivity index (χ1v) is 12.3. The number of rotatable bonds is 10. The number of hydrogen-bond donors (Lipinski definition) is 5. The van der Waals surface area contributed by atoms with Gasteiger partial charge in [0.1, 0.15) is 24.1 Å². The first kappa shape index (κ1) is 26.4. The summed E-state index contributed by atoms with van der Waals surface area (Å²) in [6.45, 7) is 8.38. The van der Waals surface area contributed by atoms with Gasteiger partial charge in [-0.25, -0.2) is 0 Å². The Labute approximate surface area is 183 Å². The van der Waals surface area contributed by atoms with E-state index in [0.717, 1.165) is 12.0 Å². The van der Waals surface area contributed by atoms with Crippen LogP contribution in [0.3, 0.4) is 0 Å². The molecule has 1 saturated heterocycles. The van der Waals surface area contributed by atoms with E-state index in [2.05, 4.69) is 5.32 Å². The topological polar surface area (TPSA) is 138 Å². The Morgan fingerprint density at radius 2 is 1.58 bits per heavy atom. The lowest BCUT2D eigenvalue weighted by Gasteiger charge is -2.43. The average Bonchev–Trinajstić information content (AvgIpc) is 2.69. The number of aliphatic hydroxyl groups is 4. The van der Waals surface area contributed by atoms with Crippen LogP contribution >= 0.6 is 7.60 Å². The molecule has 1 fully saturated rings. The summed E-state index contributed by atoms with van der Waals surface area (Å²) in [5, 5.41) is 43.5. The van der Waals surface area contributed by atoms with Gasteiger partial charge in [-0.1, -0.05) is 31.2 Å².